The van der Waals surface area contributed by atoms with Crippen LogP contribution in [0.2, 0.25) is 0 Å². The molecular formula is C9H6BrN3O2. The summed E-state index contributed by atoms with van der Waals surface area (Å²) in [7, 11) is 0. The first-order chi connectivity index (χ1) is 7.09. The van der Waals surface area contributed by atoms with Gasteiger partial charge >= 0.3 is 0 Å². The Morgan fingerprint density at radius 1 is 1.40 bits per heavy atom. The molecule has 0 saturated carbocycles. The first-order valence-corrected chi connectivity index (χ1v) is 4.87. The van der Waals surface area contributed by atoms with E-state index < -0.39 is 4.92 Å². The second-order valence-corrected chi connectivity index (χ2v) is 3.89. The highest BCUT2D eigenvalue weighted by Gasteiger charge is 2.14. The van der Waals surface area contributed by atoms with Gasteiger partial charge in [0.15, 0.2) is 0 Å². The summed E-state index contributed by atoms with van der Waals surface area (Å²) in [6.45, 7) is 0. The summed E-state index contributed by atoms with van der Waals surface area (Å²) in [4.78, 5) is 14.2. The van der Waals surface area contributed by atoms with Crippen LogP contribution in [0.25, 0.3) is 10.8 Å². The van der Waals surface area contributed by atoms with Gasteiger partial charge in [-0.2, -0.15) is 0 Å². The van der Waals surface area contributed by atoms with E-state index in [0.717, 1.165) is 0 Å². The van der Waals surface area contributed by atoms with Crippen molar-refractivity contribution in [2.75, 3.05) is 5.73 Å². The van der Waals surface area contributed by atoms with Gasteiger partial charge in [-0.25, -0.2) is 4.98 Å². The highest BCUT2D eigenvalue weighted by atomic mass is 79.9. The lowest BCUT2D eigenvalue weighted by atomic mass is 10.1. The number of fused-ring (bicyclic) bond motifs is 1. The van der Waals surface area contributed by atoms with Gasteiger partial charge in [-0.1, -0.05) is 15.9 Å². The number of halogens is 1. The summed E-state index contributed by atoms with van der Waals surface area (Å²) in [5.41, 5.74) is 5.66. The summed E-state index contributed by atoms with van der Waals surface area (Å²) >= 11 is 3.20. The summed E-state index contributed by atoms with van der Waals surface area (Å²) in [5.74, 6) is 0.289. The van der Waals surface area contributed by atoms with E-state index in [1.807, 2.05) is 0 Å². The number of benzene rings is 1. The molecule has 0 spiro atoms. The Morgan fingerprint density at radius 3 is 2.80 bits per heavy atom. The Bertz CT molecular complexity index is 556. The fourth-order valence-electron chi connectivity index (χ4n) is 1.40. The van der Waals surface area contributed by atoms with Crippen LogP contribution >= 0.6 is 15.9 Å². The monoisotopic (exact) mass is 267 g/mol. The molecule has 0 atom stereocenters. The highest BCUT2D eigenvalue weighted by molar-refractivity contribution is 9.10. The molecule has 0 amide bonds. The van der Waals surface area contributed by atoms with Gasteiger partial charge in [-0.15, -0.1) is 0 Å². The van der Waals surface area contributed by atoms with Gasteiger partial charge in [0.2, 0.25) is 0 Å². The lowest BCUT2D eigenvalue weighted by Gasteiger charge is -2.02. The van der Waals surface area contributed by atoms with Crippen LogP contribution in [0, 0.1) is 10.1 Å². The Balaban J connectivity index is 2.92. The molecule has 0 radical (unpaired) electrons. The predicted octanol–water partition coefficient (Wildman–Crippen LogP) is 2.49. The molecule has 0 aliphatic heterocycles. The number of nitro groups is 1. The minimum absolute atomic E-state index is 0.0217. The first kappa shape index (κ1) is 9.85. The maximum absolute atomic E-state index is 10.8. The highest BCUT2D eigenvalue weighted by Crippen LogP contribution is 2.31. The number of hydrogen-bond donors (Lipinski definition) is 1. The lowest BCUT2D eigenvalue weighted by Crippen LogP contribution is -1.94. The van der Waals surface area contributed by atoms with Crippen LogP contribution in [0.15, 0.2) is 28.9 Å². The van der Waals surface area contributed by atoms with Gasteiger partial charge in [0.25, 0.3) is 5.69 Å². The number of rotatable bonds is 1. The number of aromatic nitrogens is 1. The fraction of sp³-hybridized carbons (Fsp3) is 0. The second kappa shape index (κ2) is 3.47. The molecule has 1 heterocycles. The molecule has 1 aromatic heterocycles. The number of hydrogen-bond acceptors (Lipinski definition) is 4. The van der Waals surface area contributed by atoms with E-state index in [1.54, 1.807) is 12.1 Å². The van der Waals surface area contributed by atoms with Gasteiger partial charge < -0.3 is 5.73 Å². The van der Waals surface area contributed by atoms with Crippen molar-refractivity contribution < 1.29 is 4.92 Å². The number of nitrogen functional groups attached to an aromatic ring is 1. The van der Waals surface area contributed by atoms with Crippen molar-refractivity contribution in [1.82, 2.24) is 4.98 Å². The Hall–Kier alpha value is -1.69. The molecule has 2 N–H and O–H groups in total. The largest absolute Gasteiger partial charge is 0.383 e. The average molecular weight is 268 g/mol. The number of pyridine rings is 1. The maximum atomic E-state index is 10.8. The van der Waals surface area contributed by atoms with Gasteiger partial charge in [0.1, 0.15) is 5.82 Å². The Labute approximate surface area is 93.2 Å². The molecule has 6 heteroatoms. The van der Waals surface area contributed by atoms with Crippen molar-refractivity contribution in [3.05, 3.63) is 39.0 Å². The normalized spacial score (nSPS) is 10.5. The van der Waals surface area contributed by atoms with Crippen molar-refractivity contribution in [2.45, 2.75) is 0 Å². The minimum Gasteiger partial charge on any atom is -0.383 e. The number of nitro benzene ring substituents is 1. The lowest BCUT2D eigenvalue weighted by molar-refractivity contribution is -0.383. The van der Waals surface area contributed by atoms with Crippen LogP contribution in [-0.4, -0.2) is 9.91 Å². The zero-order chi connectivity index (χ0) is 11.0. The van der Waals surface area contributed by atoms with Crippen LogP contribution in [0.3, 0.4) is 0 Å². The maximum Gasteiger partial charge on any atom is 0.278 e. The van der Waals surface area contributed by atoms with Crippen LogP contribution < -0.4 is 5.73 Å². The predicted molar refractivity (Wildman–Crippen MR) is 60.5 cm³/mol. The molecule has 2 rings (SSSR count). The number of non-ortho nitro benzene ring substituents is 1. The number of nitrogens with zero attached hydrogens (tertiary/aromatic N) is 2. The Morgan fingerprint density at radius 2 is 2.13 bits per heavy atom. The average Bonchev–Trinajstić information content (AvgIpc) is 2.18. The number of anilines is 1. The van der Waals surface area contributed by atoms with Gasteiger partial charge in [0.05, 0.1) is 10.3 Å². The van der Waals surface area contributed by atoms with Crippen LogP contribution in [0.5, 0.6) is 0 Å². The van der Waals surface area contributed by atoms with E-state index >= 15 is 0 Å². The first-order valence-electron chi connectivity index (χ1n) is 4.07. The summed E-state index contributed by atoms with van der Waals surface area (Å²) < 4.78 is 0.612. The van der Waals surface area contributed by atoms with E-state index in [0.29, 0.717) is 15.2 Å². The molecule has 2 aromatic rings. The number of nitrogens with two attached hydrogens (primary N) is 1. The topological polar surface area (TPSA) is 82.0 Å². The van der Waals surface area contributed by atoms with Gasteiger partial charge in [-0.05, 0) is 12.1 Å². The van der Waals surface area contributed by atoms with Gasteiger partial charge in [-0.3, -0.25) is 10.1 Å². The molecule has 5 nitrogen and oxygen atoms in total. The third kappa shape index (κ3) is 1.63. The quantitative estimate of drug-likeness (QED) is 0.636. The molecule has 1 aromatic carbocycles. The zero-order valence-electron chi connectivity index (χ0n) is 7.48. The molecule has 0 unspecified atom stereocenters. The minimum atomic E-state index is -0.438. The summed E-state index contributed by atoms with van der Waals surface area (Å²) in [6.07, 6.45) is 1.46. The SMILES string of the molecule is Nc1nccc2c([N+](=O)[O-])cc(Br)cc12. The third-order valence-corrected chi connectivity index (χ3v) is 2.51. The van der Waals surface area contributed by atoms with Crippen LogP contribution in [0.4, 0.5) is 11.5 Å². The van der Waals surface area contributed by atoms with Crippen molar-refractivity contribution in [1.29, 1.82) is 0 Å². The van der Waals surface area contributed by atoms with E-state index in [4.69, 9.17) is 5.73 Å². The summed E-state index contributed by atoms with van der Waals surface area (Å²) in [6, 6.07) is 4.74. The third-order valence-electron chi connectivity index (χ3n) is 2.05. The standard InChI is InChI=1S/C9H6BrN3O2/c10-5-3-7-6(1-2-12-9(7)11)8(4-5)13(14)15/h1-4H,(H2,11,12). The van der Waals surface area contributed by atoms with Gasteiger partial charge in [0, 0.05) is 22.1 Å². The van der Waals surface area contributed by atoms with E-state index in [-0.39, 0.29) is 11.5 Å². The van der Waals surface area contributed by atoms with E-state index in [1.165, 1.54) is 12.3 Å². The van der Waals surface area contributed by atoms with Crippen molar-refractivity contribution >= 4 is 38.2 Å². The molecule has 0 aliphatic rings. The Kier molecular flexibility index (Phi) is 2.28. The second-order valence-electron chi connectivity index (χ2n) is 2.97. The molecule has 15 heavy (non-hydrogen) atoms. The van der Waals surface area contributed by atoms with E-state index in [2.05, 4.69) is 20.9 Å². The molecule has 0 fully saturated rings. The summed E-state index contributed by atoms with van der Waals surface area (Å²) in [5, 5.41) is 11.9. The van der Waals surface area contributed by atoms with E-state index in [9.17, 15) is 10.1 Å². The fourth-order valence-corrected chi connectivity index (χ4v) is 1.85. The molecule has 76 valence electrons. The van der Waals surface area contributed by atoms with Crippen molar-refractivity contribution in [3.8, 4) is 0 Å². The molecular weight excluding hydrogens is 262 g/mol. The smallest absolute Gasteiger partial charge is 0.278 e. The molecule has 0 bridgehead atoms. The molecule has 0 saturated heterocycles. The zero-order valence-corrected chi connectivity index (χ0v) is 9.06. The van der Waals surface area contributed by atoms with Crippen LogP contribution in [0.1, 0.15) is 0 Å². The van der Waals surface area contributed by atoms with Crippen molar-refractivity contribution in [2.24, 2.45) is 0 Å². The molecule has 0 aliphatic carbocycles. The van der Waals surface area contributed by atoms with Crippen LogP contribution in [-0.2, 0) is 0 Å². The van der Waals surface area contributed by atoms with Crippen molar-refractivity contribution in [3.63, 3.8) is 0 Å².